The molecule has 0 radical (unpaired) electrons. The molecular weight excluding hydrogens is 224 g/mol. The highest BCUT2D eigenvalue weighted by Gasteiger charge is 2.12. The third-order valence-electron chi connectivity index (χ3n) is 2.48. The summed E-state index contributed by atoms with van der Waals surface area (Å²) in [7, 11) is 0. The third-order valence-corrected chi connectivity index (χ3v) is 2.48. The Bertz CT molecular complexity index is 402. The largest absolute Gasteiger partial charge is 0.480 e. The molecule has 1 aromatic heterocycles. The lowest BCUT2D eigenvalue weighted by Gasteiger charge is -2.10. The van der Waals surface area contributed by atoms with Crippen molar-refractivity contribution in [1.82, 2.24) is 9.55 Å². The van der Waals surface area contributed by atoms with E-state index >= 15 is 0 Å². The first-order chi connectivity index (χ1) is 8.06. The van der Waals surface area contributed by atoms with Crippen LogP contribution in [0.2, 0.25) is 0 Å². The van der Waals surface area contributed by atoms with Gasteiger partial charge < -0.3 is 25.9 Å². The van der Waals surface area contributed by atoms with E-state index in [1.807, 2.05) is 0 Å². The molecule has 94 valence electrons. The molecule has 0 bridgehead atoms. The predicted molar refractivity (Wildman–Crippen MR) is 61.3 cm³/mol. The predicted octanol–water partition coefficient (Wildman–Crippen LogP) is -0.601. The Balaban J connectivity index is 2.53. The normalized spacial score (nSPS) is 12.3. The van der Waals surface area contributed by atoms with Crippen LogP contribution in [0.25, 0.3) is 0 Å². The van der Waals surface area contributed by atoms with Crippen LogP contribution in [0.1, 0.15) is 18.5 Å². The summed E-state index contributed by atoms with van der Waals surface area (Å²) in [5.74, 6) is -0.692. The van der Waals surface area contributed by atoms with E-state index < -0.39 is 12.0 Å². The summed E-state index contributed by atoms with van der Waals surface area (Å²) in [6.07, 6.45) is 3.49. The molecule has 7 nitrogen and oxygen atoms in total. The minimum absolute atomic E-state index is 0.245. The number of carbonyl (C=O) groups excluding carboxylic acids is 1. The lowest BCUT2D eigenvalue weighted by Crippen LogP contribution is -2.30. The number of aliphatic carboxylic acids is 1. The molecule has 1 aromatic rings. The average molecular weight is 240 g/mol. The zero-order chi connectivity index (χ0) is 12.8. The van der Waals surface area contributed by atoms with E-state index in [0.29, 0.717) is 25.3 Å². The summed E-state index contributed by atoms with van der Waals surface area (Å²) >= 11 is 0. The van der Waals surface area contributed by atoms with Crippen molar-refractivity contribution in [2.45, 2.75) is 31.8 Å². The zero-order valence-corrected chi connectivity index (χ0v) is 9.37. The minimum Gasteiger partial charge on any atom is -0.480 e. The van der Waals surface area contributed by atoms with Gasteiger partial charge in [-0.15, -0.1) is 0 Å². The number of aldehydes is 1. The highest BCUT2D eigenvalue weighted by molar-refractivity contribution is 5.72. The molecule has 1 rings (SSSR count). The molecule has 0 aliphatic carbocycles. The number of hydrogen-bond acceptors (Lipinski definition) is 5. The summed E-state index contributed by atoms with van der Waals surface area (Å²) in [6.45, 7) is 0.510. The van der Waals surface area contributed by atoms with Crippen molar-refractivity contribution in [2.75, 3.05) is 5.73 Å². The molecule has 17 heavy (non-hydrogen) atoms. The number of imidazole rings is 1. The van der Waals surface area contributed by atoms with Crippen LogP contribution in [-0.4, -0.2) is 33.0 Å². The first-order valence-electron chi connectivity index (χ1n) is 5.28. The van der Waals surface area contributed by atoms with Crippen molar-refractivity contribution < 1.29 is 14.7 Å². The minimum atomic E-state index is -1.02. The molecule has 5 N–H and O–H groups in total. The van der Waals surface area contributed by atoms with E-state index in [1.165, 1.54) is 0 Å². The summed E-state index contributed by atoms with van der Waals surface area (Å²) in [4.78, 5) is 24.8. The Morgan fingerprint density at radius 1 is 1.65 bits per heavy atom. The van der Waals surface area contributed by atoms with Gasteiger partial charge in [-0.05, 0) is 12.8 Å². The number of hydrogen-bond donors (Lipinski definition) is 3. The van der Waals surface area contributed by atoms with Gasteiger partial charge in [-0.2, -0.15) is 0 Å². The first kappa shape index (κ1) is 13.2. The summed E-state index contributed by atoms with van der Waals surface area (Å²) in [5, 5.41) is 8.62. The Morgan fingerprint density at radius 2 is 2.35 bits per heavy atom. The van der Waals surface area contributed by atoms with Crippen molar-refractivity contribution in [3.63, 3.8) is 0 Å². The zero-order valence-electron chi connectivity index (χ0n) is 9.37. The SMILES string of the molecule is Nc1ncc(CC=O)n1CCC[C@H](N)C(=O)O. The Hall–Kier alpha value is -1.89. The fourth-order valence-corrected chi connectivity index (χ4v) is 1.53. The maximum Gasteiger partial charge on any atom is 0.320 e. The fourth-order valence-electron chi connectivity index (χ4n) is 1.53. The van der Waals surface area contributed by atoms with Gasteiger partial charge in [0.2, 0.25) is 0 Å². The van der Waals surface area contributed by atoms with Gasteiger partial charge in [-0.1, -0.05) is 0 Å². The monoisotopic (exact) mass is 240 g/mol. The van der Waals surface area contributed by atoms with Gasteiger partial charge in [0.15, 0.2) is 5.95 Å². The number of nitrogens with two attached hydrogens (primary N) is 2. The summed E-state index contributed by atoms with van der Waals surface area (Å²) in [5.41, 5.74) is 11.7. The molecule has 0 aliphatic rings. The van der Waals surface area contributed by atoms with E-state index in [4.69, 9.17) is 16.6 Å². The van der Waals surface area contributed by atoms with Crippen LogP contribution in [0.3, 0.4) is 0 Å². The van der Waals surface area contributed by atoms with Crippen LogP contribution in [0, 0.1) is 0 Å². The highest BCUT2D eigenvalue weighted by atomic mass is 16.4. The van der Waals surface area contributed by atoms with E-state index in [1.54, 1.807) is 10.8 Å². The number of carboxylic acids is 1. The highest BCUT2D eigenvalue weighted by Crippen LogP contribution is 2.10. The van der Waals surface area contributed by atoms with Gasteiger partial charge in [0.25, 0.3) is 0 Å². The van der Waals surface area contributed by atoms with Gasteiger partial charge in [-0.25, -0.2) is 4.98 Å². The van der Waals surface area contributed by atoms with Gasteiger partial charge in [-0.3, -0.25) is 4.79 Å². The van der Waals surface area contributed by atoms with Crippen molar-refractivity contribution in [1.29, 1.82) is 0 Å². The summed E-state index contributed by atoms with van der Waals surface area (Å²) < 4.78 is 1.70. The summed E-state index contributed by atoms with van der Waals surface area (Å²) in [6, 6.07) is -0.866. The maximum atomic E-state index is 10.5. The number of aromatic nitrogens is 2. The van der Waals surface area contributed by atoms with Gasteiger partial charge in [0, 0.05) is 18.7 Å². The molecule has 0 aromatic carbocycles. The molecule has 0 aliphatic heterocycles. The standard InChI is InChI=1S/C10H16N4O3/c11-8(9(16)17)2-1-4-14-7(3-5-15)6-13-10(14)12/h5-6,8H,1-4,11H2,(H2,12,13)(H,16,17)/t8-/m0/s1. The number of nitrogen functional groups attached to an aromatic ring is 1. The van der Waals surface area contributed by atoms with Gasteiger partial charge in [0.1, 0.15) is 12.3 Å². The van der Waals surface area contributed by atoms with Crippen molar-refractivity contribution in [3.05, 3.63) is 11.9 Å². The van der Waals surface area contributed by atoms with Crippen LogP contribution >= 0.6 is 0 Å². The topological polar surface area (TPSA) is 124 Å². The van der Waals surface area contributed by atoms with Gasteiger partial charge in [0.05, 0.1) is 6.20 Å². The Morgan fingerprint density at radius 3 is 2.94 bits per heavy atom. The number of anilines is 1. The second-order valence-electron chi connectivity index (χ2n) is 3.72. The van der Waals surface area contributed by atoms with Crippen LogP contribution in [0.4, 0.5) is 5.95 Å². The van der Waals surface area contributed by atoms with Crippen LogP contribution in [-0.2, 0) is 22.6 Å². The van der Waals surface area contributed by atoms with E-state index in [-0.39, 0.29) is 6.42 Å². The second-order valence-corrected chi connectivity index (χ2v) is 3.72. The average Bonchev–Trinajstić information content (AvgIpc) is 2.61. The first-order valence-corrected chi connectivity index (χ1v) is 5.28. The molecule has 0 saturated heterocycles. The molecule has 1 heterocycles. The molecule has 1 atom stereocenters. The van der Waals surface area contributed by atoms with Crippen molar-refractivity contribution in [2.24, 2.45) is 5.73 Å². The quantitative estimate of drug-likeness (QED) is 0.546. The van der Waals surface area contributed by atoms with E-state index in [0.717, 1.165) is 12.0 Å². The number of carboxylic acid groups (broad SMARTS) is 1. The Kier molecular flexibility index (Phi) is 4.65. The van der Waals surface area contributed by atoms with Crippen molar-refractivity contribution >= 4 is 18.2 Å². The maximum absolute atomic E-state index is 10.5. The molecular formula is C10H16N4O3. The van der Waals surface area contributed by atoms with E-state index in [9.17, 15) is 9.59 Å². The molecule has 0 unspecified atom stereocenters. The molecule has 0 fully saturated rings. The fraction of sp³-hybridized carbons (Fsp3) is 0.500. The molecule has 0 saturated carbocycles. The number of rotatable bonds is 7. The van der Waals surface area contributed by atoms with Crippen molar-refractivity contribution in [3.8, 4) is 0 Å². The van der Waals surface area contributed by atoms with Crippen LogP contribution in [0.5, 0.6) is 0 Å². The van der Waals surface area contributed by atoms with Gasteiger partial charge >= 0.3 is 5.97 Å². The molecule has 7 heteroatoms. The lowest BCUT2D eigenvalue weighted by molar-refractivity contribution is -0.138. The Labute approximate surface area is 98.4 Å². The van der Waals surface area contributed by atoms with Crippen LogP contribution < -0.4 is 11.5 Å². The smallest absolute Gasteiger partial charge is 0.320 e. The molecule has 0 amide bonds. The number of carbonyl (C=O) groups is 2. The third kappa shape index (κ3) is 3.56. The molecule has 0 spiro atoms. The lowest BCUT2D eigenvalue weighted by atomic mass is 10.1. The van der Waals surface area contributed by atoms with E-state index in [2.05, 4.69) is 4.98 Å². The second kappa shape index (κ2) is 6.00. The van der Waals surface area contributed by atoms with Crippen LogP contribution in [0.15, 0.2) is 6.20 Å². The number of nitrogens with zero attached hydrogens (tertiary/aromatic N) is 2.